The Morgan fingerprint density at radius 3 is 2.50 bits per heavy atom. The molecule has 1 heterocycles. The first-order valence-corrected chi connectivity index (χ1v) is 10.5. The first-order valence-electron chi connectivity index (χ1n) is 9.71. The smallest absolute Gasteiger partial charge is 0.232 e. The summed E-state index contributed by atoms with van der Waals surface area (Å²) in [6.45, 7) is 0. The van der Waals surface area contributed by atoms with Crippen LogP contribution in [0.3, 0.4) is 0 Å². The number of methoxy groups -OCH3 is 2. The van der Waals surface area contributed by atoms with Gasteiger partial charge in [-0.2, -0.15) is 0 Å². The standard InChI is InChI=1S/C23H21Cl2NO4/c1-29-20-8-3-5-14(23(20)30-2)15-12-21(28)26(13-9-10-16(24)17(25)11-13)18-6-4-7-19(27)22(15)18/h3,5,8-11,15H,4,6-7,12H2,1-2H3/t15-/m0/s1. The number of Topliss-reactive ketones (excluding diaryl/α,β-unsaturated/α-hetero) is 1. The number of anilines is 1. The molecule has 0 aromatic heterocycles. The monoisotopic (exact) mass is 445 g/mol. The van der Waals surface area contributed by atoms with E-state index in [1.807, 2.05) is 12.1 Å². The van der Waals surface area contributed by atoms with Gasteiger partial charge in [0.1, 0.15) is 0 Å². The zero-order chi connectivity index (χ0) is 21.4. The van der Waals surface area contributed by atoms with Crippen molar-refractivity contribution in [2.45, 2.75) is 31.6 Å². The molecule has 0 bridgehead atoms. The maximum atomic E-state index is 13.3. The fourth-order valence-electron chi connectivity index (χ4n) is 4.37. The summed E-state index contributed by atoms with van der Waals surface area (Å²) in [7, 11) is 3.13. The van der Waals surface area contributed by atoms with E-state index in [1.165, 1.54) is 0 Å². The van der Waals surface area contributed by atoms with Gasteiger partial charge in [0.2, 0.25) is 5.91 Å². The first-order chi connectivity index (χ1) is 14.5. The Hall–Kier alpha value is -2.50. The maximum Gasteiger partial charge on any atom is 0.232 e. The molecule has 2 aromatic carbocycles. The average molecular weight is 446 g/mol. The quantitative estimate of drug-likeness (QED) is 0.619. The van der Waals surface area contributed by atoms with E-state index in [4.69, 9.17) is 32.7 Å². The lowest BCUT2D eigenvalue weighted by Gasteiger charge is -2.38. The van der Waals surface area contributed by atoms with Gasteiger partial charge in [0.25, 0.3) is 0 Å². The zero-order valence-corrected chi connectivity index (χ0v) is 18.2. The molecular formula is C23H21Cl2NO4. The summed E-state index contributed by atoms with van der Waals surface area (Å²) in [6.07, 6.45) is 1.94. The Balaban J connectivity index is 1.89. The predicted octanol–water partition coefficient (Wildman–Crippen LogP) is 5.54. The number of amides is 1. The fourth-order valence-corrected chi connectivity index (χ4v) is 4.66. The Kier molecular flexibility index (Phi) is 5.76. The number of hydrogen-bond acceptors (Lipinski definition) is 4. The van der Waals surface area contributed by atoms with Gasteiger partial charge in [-0.05, 0) is 37.1 Å². The Morgan fingerprint density at radius 1 is 1.00 bits per heavy atom. The van der Waals surface area contributed by atoms with E-state index in [0.717, 1.165) is 11.3 Å². The van der Waals surface area contributed by atoms with Crippen molar-refractivity contribution in [2.75, 3.05) is 19.1 Å². The summed E-state index contributed by atoms with van der Waals surface area (Å²) in [5.41, 5.74) is 2.80. The number of ether oxygens (including phenoxy) is 2. The van der Waals surface area contributed by atoms with Crippen LogP contribution in [0.5, 0.6) is 11.5 Å². The van der Waals surface area contributed by atoms with E-state index in [0.29, 0.717) is 52.1 Å². The molecule has 0 unspecified atom stereocenters. The Morgan fingerprint density at radius 2 is 1.80 bits per heavy atom. The SMILES string of the molecule is COc1cccc([C@@H]2CC(=O)N(c3ccc(Cl)c(Cl)c3)C3=C2C(=O)CCC3)c1OC. The Bertz CT molecular complexity index is 1060. The van der Waals surface area contributed by atoms with Gasteiger partial charge in [-0.1, -0.05) is 35.3 Å². The van der Waals surface area contributed by atoms with Gasteiger partial charge in [0.15, 0.2) is 17.3 Å². The van der Waals surface area contributed by atoms with Crippen molar-refractivity contribution in [1.29, 1.82) is 0 Å². The molecule has 5 nitrogen and oxygen atoms in total. The van der Waals surface area contributed by atoms with Crippen molar-refractivity contribution in [3.63, 3.8) is 0 Å². The van der Waals surface area contributed by atoms with E-state index in [9.17, 15) is 9.59 Å². The number of benzene rings is 2. The zero-order valence-electron chi connectivity index (χ0n) is 16.7. The topological polar surface area (TPSA) is 55.8 Å². The molecule has 0 spiro atoms. The van der Waals surface area contributed by atoms with E-state index in [1.54, 1.807) is 43.4 Å². The van der Waals surface area contributed by atoms with Crippen LogP contribution in [0.15, 0.2) is 47.7 Å². The van der Waals surface area contributed by atoms with E-state index in [2.05, 4.69) is 0 Å². The normalized spacial score (nSPS) is 19.1. The molecule has 1 aliphatic carbocycles. The third-order valence-corrected chi connectivity index (χ3v) is 6.38. The van der Waals surface area contributed by atoms with Crippen LogP contribution in [0.2, 0.25) is 10.0 Å². The van der Waals surface area contributed by atoms with Crippen LogP contribution in [-0.4, -0.2) is 25.9 Å². The number of para-hydroxylation sites is 1. The molecule has 0 radical (unpaired) electrons. The van der Waals surface area contributed by atoms with Gasteiger partial charge >= 0.3 is 0 Å². The minimum atomic E-state index is -0.385. The molecule has 1 aliphatic heterocycles. The van der Waals surface area contributed by atoms with E-state index < -0.39 is 0 Å². The Labute approximate surface area is 185 Å². The molecule has 2 aromatic rings. The molecule has 2 aliphatic rings. The molecular weight excluding hydrogens is 425 g/mol. The number of nitrogens with zero attached hydrogens (tertiary/aromatic N) is 1. The van der Waals surface area contributed by atoms with Gasteiger partial charge in [-0.15, -0.1) is 0 Å². The summed E-state index contributed by atoms with van der Waals surface area (Å²) in [5.74, 6) is 0.690. The summed E-state index contributed by atoms with van der Waals surface area (Å²) < 4.78 is 11.0. The molecule has 0 N–H and O–H groups in total. The third kappa shape index (κ3) is 3.46. The highest BCUT2D eigenvalue weighted by molar-refractivity contribution is 6.42. The van der Waals surface area contributed by atoms with Gasteiger partial charge in [0.05, 0.1) is 30.0 Å². The highest BCUT2D eigenvalue weighted by Gasteiger charge is 2.41. The van der Waals surface area contributed by atoms with Crippen LogP contribution in [0.1, 0.15) is 37.2 Å². The van der Waals surface area contributed by atoms with Gasteiger partial charge in [-0.25, -0.2) is 0 Å². The van der Waals surface area contributed by atoms with Crippen LogP contribution in [-0.2, 0) is 9.59 Å². The number of allylic oxidation sites excluding steroid dienone is 2. The van der Waals surface area contributed by atoms with Crippen LogP contribution in [0, 0.1) is 0 Å². The van der Waals surface area contributed by atoms with Crippen LogP contribution in [0.4, 0.5) is 5.69 Å². The molecule has 30 heavy (non-hydrogen) atoms. The van der Waals surface area contributed by atoms with Gasteiger partial charge < -0.3 is 9.47 Å². The minimum absolute atomic E-state index is 0.0590. The van der Waals surface area contributed by atoms with Crippen molar-refractivity contribution < 1.29 is 19.1 Å². The second-order valence-corrected chi connectivity index (χ2v) is 8.12. The van der Waals surface area contributed by atoms with Crippen molar-refractivity contribution in [2.24, 2.45) is 0 Å². The number of hydrogen-bond donors (Lipinski definition) is 0. The second kappa shape index (κ2) is 8.32. The molecule has 0 saturated carbocycles. The lowest BCUT2D eigenvalue weighted by Crippen LogP contribution is -2.40. The fraction of sp³-hybridized carbons (Fsp3) is 0.304. The van der Waals surface area contributed by atoms with Crippen molar-refractivity contribution >= 4 is 40.6 Å². The lowest BCUT2D eigenvalue weighted by molar-refractivity contribution is -0.119. The summed E-state index contributed by atoms with van der Waals surface area (Å²) in [4.78, 5) is 28.0. The molecule has 7 heteroatoms. The summed E-state index contributed by atoms with van der Waals surface area (Å²) in [6, 6.07) is 10.6. The van der Waals surface area contributed by atoms with Crippen LogP contribution in [0.25, 0.3) is 0 Å². The molecule has 156 valence electrons. The molecule has 1 atom stereocenters. The first kappa shape index (κ1) is 20.8. The highest BCUT2D eigenvalue weighted by atomic mass is 35.5. The van der Waals surface area contributed by atoms with Crippen molar-refractivity contribution in [1.82, 2.24) is 0 Å². The molecule has 4 rings (SSSR count). The number of ketones is 1. The molecule has 0 fully saturated rings. The third-order valence-electron chi connectivity index (χ3n) is 5.65. The lowest BCUT2D eigenvalue weighted by atomic mass is 9.76. The van der Waals surface area contributed by atoms with Gasteiger partial charge in [0, 0.05) is 35.6 Å². The maximum absolute atomic E-state index is 13.3. The van der Waals surface area contributed by atoms with E-state index in [-0.39, 0.29) is 24.0 Å². The summed E-state index contributed by atoms with van der Waals surface area (Å²) in [5, 5.41) is 0.778. The number of rotatable bonds is 4. The van der Waals surface area contributed by atoms with Crippen LogP contribution < -0.4 is 14.4 Å². The number of carbonyl (C=O) groups excluding carboxylic acids is 2. The van der Waals surface area contributed by atoms with Crippen molar-refractivity contribution in [3.05, 3.63) is 63.3 Å². The highest BCUT2D eigenvalue weighted by Crippen LogP contribution is 2.47. The van der Waals surface area contributed by atoms with E-state index >= 15 is 0 Å². The van der Waals surface area contributed by atoms with Crippen molar-refractivity contribution in [3.8, 4) is 11.5 Å². The molecule has 0 saturated heterocycles. The minimum Gasteiger partial charge on any atom is -0.493 e. The number of carbonyl (C=O) groups is 2. The average Bonchev–Trinajstić information content (AvgIpc) is 2.74. The largest absolute Gasteiger partial charge is 0.493 e. The summed E-state index contributed by atoms with van der Waals surface area (Å²) >= 11 is 12.3. The van der Waals surface area contributed by atoms with Gasteiger partial charge in [-0.3, -0.25) is 14.5 Å². The van der Waals surface area contributed by atoms with Crippen LogP contribution >= 0.6 is 23.2 Å². The number of halogens is 2. The second-order valence-electron chi connectivity index (χ2n) is 7.30. The predicted molar refractivity (Wildman–Crippen MR) is 117 cm³/mol. The molecule has 1 amide bonds.